The molecule has 0 unspecified atom stereocenters. The number of fused-ring (bicyclic) bond motifs is 1. The number of rotatable bonds is 6. The first-order valence-corrected chi connectivity index (χ1v) is 9.11. The van der Waals surface area contributed by atoms with Gasteiger partial charge in [0.1, 0.15) is 0 Å². The summed E-state index contributed by atoms with van der Waals surface area (Å²) in [4.78, 5) is 0. The van der Waals surface area contributed by atoms with Crippen molar-refractivity contribution in [1.82, 2.24) is 16.0 Å². The first-order chi connectivity index (χ1) is 13.3. The second-order valence-corrected chi connectivity index (χ2v) is 6.58. The highest BCUT2D eigenvalue weighted by Gasteiger charge is 2.24. The summed E-state index contributed by atoms with van der Waals surface area (Å²) >= 11 is 6.72. The molecule has 2 aromatic rings. The van der Waals surface area contributed by atoms with Crippen LogP contribution in [0.2, 0.25) is 5.02 Å². The van der Waals surface area contributed by atoms with Gasteiger partial charge in [-0.1, -0.05) is 54.1 Å². The van der Waals surface area contributed by atoms with Gasteiger partial charge in [-0.3, -0.25) is 5.01 Å². The van der Waals surface area contributed by atoms with Gasteiger partial charge in [-0.25, -0.2) is 0 Å². The van der Waals surface area contributed by atoms with E-state index in [0.29, 0.717) is 18.1 Å². The lowest BCUT2D eigenvalue weighted by Crippen LogP contribution is -2.38. The quantitative estimate of drug-likeness (QED) is 0.671. The van der Waals surface area contributed by atoms with E-state index in [1.807, 2.05) is 65.8 Å². The van der Waals surface area contributed by atoms with Crippen LogP contribution in [-0.2, 0) is 0 Å². The maximum Gasteiger partial charge on any atom is 0.0980 e. The van der Waals surface area contributed by atoms with E-state index in [9.17, 15) is 0 Å². The standard InChI is InChI=1S/C20H20ClN5O/c21-20-18(16-5-2-1-3-6-16)7-4-8-19(20)25-14-17-11-15(12-22-9-10-27)13-23-26(17)24-25/h1-8,11,13-14,22,24,27H,9-10,12H2. The number of halogens is 1. The van der Waals surface area contributed by atoms with E-state index < -0.39 is 0 Å². The minimum absolute atomic E-state index is 0.116. The third-order valence-corrected chi connectivity index (χ3v) is 4.72. The highest BCUT2D eigenvalue weighted by molar-refractivity contribution is 6.36. The fourth-order valence-corrected chi connectivity index (χ4v) is 3.33. The van der Waals surface area contributed by atoms with Gasteiger partial charge in [-0.2, -0.15) is 10.2 Å². The van der Waals surface area contributed by atoms with E-state index in [0.717, 1.165) is 28.1 Å². The van der Waals surface area contributed by atoms with E-state index in [1.54, 1.807) is 11.3 Å². The van der Waals surface area contributed by atoms with E-state index in [1.165, 1.54) is 0 Å². The molecule has 0 amide bonds. The van der Waals surface area contributed by atoms with Crippen molar-refractivity contribution < 1.29 is 5.11 Å². The zero-order chi connectivity index (χ0) is 18.6. The smallest absolute Gasteiger partial charge is 0.0980 e. The first kappa shape index (κ1) is 17.8. The summed E-state index contributed by atoms with van der Waals surface area (Å²) in [5.74, 6) is 0. The van der Waals surface area contributed by atoms with Gasteiger partial charge in [0.15, 0.2) is 0 Å². The van der Waals surface area contributed by atoms with Gasteiger partial charge in [0.25, 0.3) is 0 Å². The summed E-state index contributed by atoms with van der Waals surface area (Å²) in [6.07, 6.45) is 5.79. The zero-order valence-corrected chi connectivity index (χ0v) is 15.4. The molecule has 0 saturated carbocycles. The third kappa shape index (κ3) is 3.74. The fourth-order valence-electron chi connectivity index (χ4n) is 3.00. The monoisotopic (exact) mass is 381 g/mol. The molecule has 6 nitrogen and oxygen atoms in total. The Bertz CT molecular complexity index is 910. The van der Waals surface area contributed by atoms with Crippen LogP contribution in [0, 0.1) is 0 Å². The number of aliphatic hydroxyl groups excluding tert-OH is 1. The largest absolute Gasteiger partial charge is 0.395 e. The predicted molar refractivity (Wildman–Crippen MR) is 109 cm³/mol. The van der Waals surface area contributed by atoms with Crippen molar-refractivity contribution in [2.24, 2.45) is 5.10 Å². The number of nitrogens with zero attached hydrogens (tertiary/aromatic N) is 3. The maximum atomic E-state index is 8.87. The van der Waals surface area contributed by atoms with Crippen LogP contribution in [0.15, 0.2) is 77.2 Å². The van der Waals surface area contributed by atoms with Crippen LogP contribution < -0.4 is 15.9 Å². The van der Waals surface area contributed by atoms with Crippen molar-refractivity contribution in [2.45, 2.75) is 0 Å². The van der Waals surface area contributed by atoms with Gasteiger partial charge < -0.3 is 10.4 Å². The van der Waals surface area contributed by atoms with E-state index in [2.05, 4.69) is 16.0 Å². The summed E-state index contributed by atoms with van der Waals surface area (Å²) in [5.41, 5.74) is 8.06. The van der Waals surface area contributed by atoms with Crippen LogP contribution >= 0.6 is 11.6 Å². The number of hydrogen-bond donors (Lipinski definition) is 3. The number of anilines is 1. The van der Waals surface area contributed by atoms with Crippen LogP contribution in [0.1, 0.15) is 0 Å². The molecular weight excluding hydrogens is 362 g/mol. The molecule has 3 N–H and O–H groups in total. The van der Waals surface area contributed by atoms with Crippen LogP contribution in [0.25, 0.3) is 11.1 Å². The Kier molecular flexibility index (Phi) is 5.22. The molecular formula is C20H20ClN5O. The normalized spacial score (nSPS) is 15.6. The summed E-state index contributed by atoms with van der Waals surface area (Å²) in [5, 5.41) is 20.7. The molecule has 0 aromatic heterocycles. The van der Waals surface area contributed by atoms with Gasteiger partial charge in [-0.15, -0.1) is 5.53 Å². The Balaban J connectivity index is 1.58. The van der Waals surface area contributed by atoms with Crippen molar-refractivity contribution in [3.8, 4) is 11.1 Å². The molecule has 0 spiro atoms. The number of hydrazine groups is 2. The Morgan fingerprint density at radius 3 is 2.78 bits per heavy atom. The summed E-state index contributed by atoms with van der Waals surface area (Å²) < 4.78 is 0. The van der Waals surface area contributed by atoms with Crippen LogP contribution in [0.3, 0.4) is 0 Å². The molecule has 27 heavy (non-hydrogen) atoms. The number of hydrogen-bond acceptors (Lipinski definition) is 6. The lowest BCUT2D eigenvalue weighted by Gasteiger charge is -2.23. The summed E-state index contributed by atoms with van der Waals surface area (Å²) in [6.45, 7) is 1.32. The summed E-state index contributed by atoms with van der Waals surface area (Å²) in [7, 11) is 0. The van der Waals surface area contributed by atoms with Crippen molar-refractivity contribution >= 4 is 23.5 Å². The van der Waals surface area contributed by atoms with Gasteiger partial charge >= 0.3 is 0 Å². The van der Waals surface area contributed by atoms with Crippen molar-refractivity contribution in [2.75, 3.05) is 24.7 Å². The zero-order valence-electron chi connectivity index (χ0n) is 14.6. The first-order valence-electron chi connectivity index (χ1n) is 8.74. The van der Waals surface area contributed by atoms with Gasteiger partial charge in [0.05, 0.1) is 35.4 Å². The number of aliphatic hydroxyl groups is 1. The SMILES string of the molecule is OCCNCC1=CC2=CN(c3cccc(-c4ccccc4)c3Cl)NN2N=C1. The fraction of sp³-hybridized carbons (Fsp3) is 0.150. The Labute approximate surface area is 163 Å². The topological polar surface area (TPSA) is 63.1 Å². The molecule has 2 aliphatic heterocycles. The minimum Gasteiger partial charge on any atom is -0.395 e. The molecule has 2 aliphatic rings. The lowest BCUT2D eigenvalue weighted by molar-refractivity contribution is 0.290. The van der Waals surface area contributed by atoms with Crippen LogP contribution in [-0.4, -0.2) is 36.1 Å². The molecule has 2 aromatic carbocycles. The van der Waals surface area contributed by atoms with Crippen molar-refractivity contribution in [1.29, 1.82) is 0 Å². The molecule has 4 rings (SSSR count). The number of benzene rings is 2. The predicted octanol–water partition coefficient (Wildman–Crippen LogP) is 2.90. The molecule has 0 bridgehead atoms. The highest BCUT2D eigenvalue weighted by Crippen LogP contribution is 2.37. The Hall–Kier alpha value is -2.64. The Morgan fingerprint density at radius 2 is 1.96 bits per heavy atom. The maximum absolute atomic E-state index is 8.87. The average molecular weight is 382 g/mol. The van der Waals surface area contributed by atoms with E-state index in [4.69, 9.17) is 16.7 Å². The lowest BCUT2D eigenvalue weighted by atomic mass is 10.1. The van der Waals surface area contributed by atoms with Gasteiger partial charge in [0.2, 0.25) is 0 Å². The molecule has 0 atom stereocenters. The van der Waals surface area contributed by atoms with Crippen molar-refractivity contribution in [3.05, 3.63) is 77.1 Å². The molecule has 2 heterocycles. The Morgan fingerprint density at radius 1 is 1.11 bits per heavy atom. The second kappa shape index (κ2) is 7.94. The molecule has 0 saturated heterocycles. The second-order valence-electron chi connectivity index (χ2n) is 6.20. The molecule has 0 radical (unpaired) electrons. The minimum atomic E-state index is 0.116. The van der Waals surface area contributed by atoms with Gasteiger partial charge in [0, 0.05) is 18.7 Å². The molecule has 0 aliphatic carbocycles. The van der Waals surface area contributed by atoms with E-state index >= 15 is 0 Å². The molecule has 0 fully saturated rings. The van der Waals surface area contributed by atoms with Crippen LogP contribution in [0.5, 0.6) is 0 Å². The number of nitrogens with one attached hydrogen (secondary N) is 2. The third-order valence-electron chi connectivity index (χ3n) is 4.32. The molecule has 138 valence electrons. The van der Waals surface area contributed by atoms with Gasteiger partial charge in [-0.05, 0) is 23.3 Å². The van der Waals surface area contributed by atoms with Crippen LogP contribution in [0.4, 0.5) is 5.69 Å². The van der Waals surface area contributed by atoms with Crippen molar-refractivity contribution in [3.63, 3.8) is 0 Å². The number of allylic oxidation sites excluding steroid dienone is 1. The summed E-state index contributed by atoms with van der Waals surface area (Å²) in [6, 6.07) is 16.1. The average Bonchev–Trinajstić information content (AvgIpc) is 3.12. The number of hydrazone groups is 1. The van der Waals surface area contributed by atoms with E-state index in [-0.39, 0.29) is 6.61 Å². The highest BCUT2D eigenvalue weighted by atomic mass is 35.5. The molecule has 7 heteroatoms.